The van der Waals surface area contributed by atoms with Crippen LogP contribution in [0.2, 0.25) is 0 Å². The third kappa shape index (κ3) is 2.93. The van der Waals surface area contributed by atoms with Gasteiger partial charge in [-0.2, -0.15) is 18.3 Å². The van der Waals surface area contributed by atoms with E-state index in [1.165, 1.54) is 13.2 Å². The summed E-state index contributed by atoms with van der Waals surface area (Å²) < 4.78 is 38.4. The van der Waals surface area contributed by atoms with Crippen LogP contribution in [0, 0.1) is 0 Å². The molecule has 0 aromatic carbocycles. The molecule has 7 heteroatoms. The zero-order chi connectivity index (χ0) is 11.6. The topological polar surface area (TPSA) is 64.1 Å². The molecule has 0 aliphatic heterocycles. The van der Waals surface area contributed by atoms with Crippen LogP contribution in [0.25, 0.3) is 0 Å². The first-order chi connectivity index (χ1) is 6.84. The molecule has 1 heterocycles. The second kappa shape index (κ2) is 4.19. The summed E-state index contributed by atoms with van der Waals surface area (Å²) in [5, 5.41) is 12.0. The highest BCUT2D eigenvalue weighted by atomic mass is 19.4. The van der Waals surface area contributed by atoms with Gasteiger partial charge < -0.3 is 10.8 Å². The Kier molecular flexibility index (Phi) is 3.35. The van der Waals surface area contributed by atoms with E-state index < -0.39 is 17.9 Å². The standard InChI is InChI=1S/C8H12F3N3O/c1-14-3-5(2-6(12)4-15)7(13-14)8(9,10)11/h3,6,15H,2,4,12H2,1H3. The van der Waals surface area contributed by atoms with Gasteiger partial charge >= 0.3 is 6.18 Å². The normalized spacial score (nSPS) is 14.3. The SMILES string of the molecule is Cn1cc(CC(N)CO)c(C(F)(F)F)n1. The lowest BCUT2D eigenvalue weighted by atomic mass is 10.1. The molecule has 1 unspecified atom stereocenters. The van der Waals surface area contributed by atoms with E-state index in [0.29, 0.717) is 0 Å². The van der Waals surface area contributed by atoms with Crippen LogP contribution in [0.15, 0.2) is 6.20 Å². The van der Waals surface area contributed by atoms with Crippen molar-refractivity contribution in [3.8, 4) is 0 Å². The van der Waals surface area contributed by atoms with Gasteiger partial charge in [-0.05, 0) is 6.42 Å². The molecule has 0 amide bonds. The lowest BCUT2D eigenvalue weighted by Gasteiger charge is -2.09. The molecule has 0 spiro atoms. The number of hydrogen-bond acceptors (Lipinski definition) is 3. The summed E-state index contributed by atoms with van der Waals surface area (Å²) in [6.07, 6.45) is -3.26. The summed E-state index contributed by atoms with van der Waals surface area (Å²) >= 11 is 0. The van der Waals surface area contributed by atoms with Gasteiger partial charge in [0.2, 0.25) is 0 Å². The van der Waals surface area contributed by atoms with Crippen LogP contribution in [0.3, 0.4) is 0 Å². The maximum atomic E-state index is 12.4. The Morgan fingerprint density at radius 3 is 2.67 bits per heavy atom. The molecule has 1 aromatic rings. The zero-order valence-electron chi connectivity index (χ0n) is 8.12. The Labute approximate surface area is 84.5 Å². The second-order valence-corrected chi connectivity index (χ2v) is 3.32. The van der Waals surface area contributed by atoms with Gasteiger partial charge in [0.15, 0.2) is 5.69 Å². The number of aliphatic hydroxyl groups excluding tert-OH is 1. The maximum Gasteiger partial charge on any atom is 0.435 e. The first-order valence-electron chi connectivity index (χ1n) is 4.30. The highest BCUT2D eigenvalue weighted by molar-refractivity contribution is 5.21. The van der Waals surface area contributed by atoms with Crippen LogP contribution < -0.4 is 5.73 Å². The fourth-order valence-corrected chi connectivity index (χ4v) is 1.27. The summed E-state index contributed by atoms with van der Waals surface area (Å²) in [7, 11) is 1.41. The number of aryl methyl sites for hydroxylation is 1. The molecular weight excluding hydrogens is 211 g/mol. The van der Waals surface area contributed by atoms with Gasteiger partial charge in [0, 0.05) is 24.8 Å². The molecule has 0 aliphatic rings. The molecule has 15 heavy (non-hydrogen) atoms. The number of halogens is 3. The average Bonchev–Trinajstić information content (AvgIpc) is 2.45. The van der Waals surface area contributed by atoms with E-state index >= 15 is 0 Å². The Bertz CT molecular complexity index is 334. The van der Waals surface area contributed by atoms with E-state index in [-0.39, 0.29) is 18.6 Å². The van der Waals surface area contributed by atoms with Crippen LogP contribution in [-0.2, 0) is 19.6 Å². The Balaban J connectivity index is 2.96. The van der Waals surface area contributed by atoms with Crippen molar-refractivity contribution in [3.63, 3.8) is 0 Å². The predicted octanol–water partition coefficient (Wildman–Crippen LogP) is 0.301. The van der Waals surface area contributed by atoms with Crippen molar-refractivity contribution in [3.05, 3.63) is 17.5 Å². The van der Waals surface area contributed by atoms with Gasteiger partial charge in [-0.25, -0.2) is 0 Å². The van der Waals surface area contributed by atoms with Crippen LogP contribution in [0.4, 0.5) is 13.2 Å². The van der Waals surface area contributed by atoms with Gasteiger partial charge in [0.05, 0.1) is 6.61 Å². The summed E-state index contributed by atoms with van der Waals surface area (Å²) in [6.45, 7) is -0.355. The minimum Gasteiger partial charge on any atom is -0.395 e. The molecule has 0 bridgehead atoms. The van der Waals surface area contributed by atoms with Gasteiger partial charge in [0.25, 0.3) is 0 Å². The van der Waals surface area contributed by atoms with E-state index in [1.54, 1.807) is 0 Å². The van der Waals surface area contributed by atoms with E-state index in [2.05, 4.69) is 5.10 Å². The van der Waals surface area contributed by atoms with Gasteiger partial charge in [-0.15, -0.1) is 0 Å². The number of nitrogens with zero attached hydrogens (tertiary/aromatic N) is 2. The first kappa shape index (κ1) is 12.0. The summed E-state index contributed by atoms with van der Waals surface area (Å²) in [6, 6.07) is -0.699. The van der Waals surface area contributed by atoms with Crippen LogP contribution in [0.1, 0.15) is 11.3 Å². The van der Waals surface area contributed by atoms with Crippen molar-refractivity contribution < 1.29 is 18.3 Å². The van der Waals surface area contributed by atoms with Crippen molar-refractivity contribution in [2.24, 2.45) is 12.8 Å². The largest absolute Gasteiger partial charge is 0.435 e. The predicted molar refractivity (Wildman–Crippen MR) is 47.0 cm³/mol. The first-order valence-corrected chi connectivity index (χ1v) is 4.30. The fraction of sp³-hybridized carbons (Fsp3) is 0.625. The third-order valence-electron chi connectivity index (χ3n) is 1.89. The molecule has 0 fully saturated rings. The number of alkyl halides is 3. The molecule has 0 radical (unpaired) electrons. The zero-order valence-corrected chi connectivity index (χ0v) is 8.12. The van der Waals surface area contributed by atoms with Crippen molar-refractivity contribution in [2.45, 2.75) is 18.6 Å². The van der Waals surface area contributed by atoms with Gasteiger partial charge in [-0.3, -0.25) is 4.68 Å². The highest BCUT2D eigenvalue weighted by Gasteiger charge is 2.36. The van der Waals surface area contributed by atoms with Crippen LogP contribution in [-0.4, -0.2) is 27.5 Å². The summed E-state index contributed by atoms with van der Waals surface area (Å²) in [5.74, 6) is 0. The Morgan fingerprint density at radius 2 is 2.20 bits per heavy atom. The maximum absolute atomic E-state index is 12.4. The van der Waals surface area contributed by atoms with Crippen molar-refractivity contribution >= 4 is 0 Å². The monoisotopic (exact) mass is 223 g/mol. The van der Waals surface area contributed by atoms with E-state index in [9.17, 15) is 13.2 Å². The minimum atomic E-state index is -4.48. The molecule has 0 saturated heterocycles. The number of nitrogens with two attached hydrogens (primary N) is 1. The van der Waals surface area contributed by atoms with Crippen molar-refractivity contribution in [1.82, 2.24) is 9.78 Å². The summed E-state index contributed by atoms with van der Waals surface area (Å²) in [4.78, 5) is 0. The number of rotatable bonds is 3. The number of aliphatic hydroxyl groups is 1. The number of aromatic nitrogens is 2. The van der Waals surface area contributed by atoms with Crippen LogP contribution >= 0.6 is 0 Å². The molecule has 1 aromatic heterocycles. The highest BCUT2D eigenvalue weighted by Crippen LogP contribution is 2.30. The molecule has 86 valence electrons. The summed E-state index contributed by atoms with van der Waals surface area (Å²) in [5.41, 5.74) is 4.44. The molecule has 3 N–H and O–H groups in total. The van der Waals surface area contributed by atoms with Crippen LogP contribution in [0.5, 0.6) is 0 Å². The van der Waals surface area contributed by atoms with Gasteiger partial charge in [0.1, 0.15) is 0 Å². The van der Waals surface area contributed by atoms with E-state index in [0.717, 1.165) is 4.68 Å². The quantitative estimate of drug-likeness (QED) is 0.774. The lowest BCUT2D eigenvalue weighted by molar-refractivity contribution is -0.142. The molecule has 1 atom stereocenters. The van der Waals surface area contributed by atoms with Gasteiger partial charge in [-0.1, -0.05) is 0 Å². The number of hydrogen-bond donors (Lipinski definition) is 2. The molecule has 4 nitrogen and oxygen atoms in total. The molecule has 0 aliphatic carbocycles. The van der Waals surface area contributed by atoms with E-state index in [4.69, 9.17) is 10.8 Å². The minimum absolute atomic E-state index is 0.00606. The fourth-order valence-electron chi connectivity index (χ4n) is 1.27. The van der Waals surface area contributed by atoms with E-state index in [1.807, 2.05) is 0 Å². The molecule has 0 saturated carbocycles. The molecule has 1 rings (SSSR count). The average molecular weight is 223 g/mol. The molecular formula is C8H12F3N3O. The lowest BCUT2D eigenvalue weighted by Crippen LogP contribution is -2.27. The third-order valence-corrected chi connectivity index (χ3v) is 1.89. The Morgan fingerprint density at radius 1 is 1.60 bits per heavy atom. The Hall–Kier alpha value is -1.08. The smallest absolute Gasteiger partial charge is 0.395 e. The van der Waals surface area contributed by atoms with Crippen molar-refractivity contribution in [2.75, 3.05) is 6.61 Å². The van der Waals surface area contributed by atoms with Crippen molar-refractivity contribution in [1.29, 1.82) is 0 Å². The second-order valence-electron chi connectivity index (χ2n) is 3.32.